The molecule has 0 aliphatic carbocycles. The fourth-order valence-electron chi connectivity index (χ4n) is 2.40. The number of carbonyl (C=O) groups is 1. The number of carbonyl (C=O) groups excluding carboxylic acids is 1. The third kappa shape index (κ3) is 3.31. The molecule has 1 saturated heterocycles. The van der Waals surface area contributed by atoms with Crippen LogP contribution in [0.15, 0.2) is 24.3 Å². The molecule has 1 atom stereocenters. The van der Waals surface area contributed by atoms with E-state index in [1.54, 1.807) is 12.1 Å². The molecule has 1 aromatic rings. The first-order chi connectivity index (χ1) is 8.66. The van der Waals surface area contributed by atoms with E-state index in [0.717, 1.165) is 31.5 Å². The molecule has 4 nitrogen and oxygen atoms in total. The van der Waals surface area contributed by atoms with Crippen molar-refractivity contribution >= 4 is 5.97 Å². The lowest BCUT2D eigenvalue weighted by molar-refractivity contribution is -0.131. The average Bonchev–Trinajstić information content (AvgIpc) is 2.39. The molecular formula is C14H20N2O2. The van der Waals surface area contributed by atoms with Crippen LogP contribution in [0.3, 0.4) is 0 Å². The highest BCUT2D eigenvalue weighted by molar-refractivity contribution is 5.69. The average molecular weight is 248 g/mol. The Labute approximate surface area is 108 Å². The van der Waals surface area contributed by atoms with E-state index in [4.69, 9.17) is 10.5 Å². The maximum Gasteiger partial charge on any atom is 0.308 e. The third-order valence-corrected chi connectivity index (χ3v) is 3.42. The van der Waals surface area contributed by atoms with E-state index in [2.05, 4.69) is 5.32 Å². The summed E-state index contributed by atoms with van der Waals surface area (Å²) in [5.41, 5.74) is 7.39. The number of piperidine rings is 1. The van der Waals surface area contributed by atoms with E-state index in [1.165, 1.54) is 6.92 Å². The monoisotopic (exact) mass is 248 g/mol. The number of hydrogen-bond donors (Lipinski definition) is 2. The molecule has 0 unspecified atom stereocenters. The van der Waals surface area contributed by atoms with Crippen LogP contribution in [-0.4, -0.2) is 19.1 Å². The van der Waals surface area contributed by atoms with Gasteiger partial charge in [-0.05, 0) is 49.5 Å². The van der Waals surface area contributed by atoms with Crippen LogP contribution >= 0.6 is 0 Å². The van der Waals surface area contributed by atoms with Crippen molar-refractivity contribution in [3.63, 3.8) is 0 Å². The van der Waals surface area contributed by atoms with Crippen LogP contribution in [0.2, 0.25) is 0 Å². The number of hydrogen-bond acceptors (Lipinski definition) is 4. The van der Waals surface area contributed by atoms with Gasteiger partial charge in [0, 0.05) is 13.0 Å². The lowest BCUT2D eigenvalue weighted by Crippen LogP contribution is -2.33. The minimum absolute atomic E-state index is 0.0680. The second-order valence-electron chi connectivity index (χ2n) is 4.78. The Bertz CT molecular complexity index is 397. The molecule has 0 saturated carbocycles. The van der Waals surface area contributed by atoms with Crippen LogP contribution < -0.4 is 15.8 Å². The minimum atomic E-state index is -0.301. The second-order valence-corrected chi connectivity index (χ2v) is 4.78. The summed E-state index contributed by atoms with van der Waals surface area (Å²) < 4.78 is 5.00. The summed E-state index contributed by atoms with van der Waals surface area (Å²) in [5.74, 6) is 0.806. The van der Waals surface area contributed by atoms with Gasteiger partial charge < -0.3 is 15.8 Å². The number of rotatable bonds is 3. The number of nitrogens with one attached hydrogen (secondary N) is 1. The molecule has 3 N–H and O–H groups in total. The Morgan fingerprint density at radius 3 is 2.50 bits per heavy atom. The molecule has 98 valence electrons. The zero-order valence-corrected chi connectivity index (χ0v) is 10.7. The van der Waals surface area contributed by atoms with Gasteiger partial charge in [-0.15, -0.1) is 0 Å². The van der Waals surface area contributed by atoms with Crippen molar-refractivity contribution in [1.82, 2.24) is 5.32 Å². The largest absolute Gasteiger partial charge is 0.427 e. The molecule has 0 aromatic heterocycles. The number of nitrogens with two attached hydrogens (primary N) is 1. The highest BCUT2D eigenvalue weighted by atomic mass is 16.5. The van der Waals surface area contributed by atoms with Crippen molar-refractivity contribution in [1.29, 1.82) is 0 Å². The molecule has 1 heterocycles. The van der Waals surface area contributed by atoms with E-state index in [9.17, 15) is 4.79 Å². The molecule has 0 radical (unpaired) electrons. The normalized spacial score (nSPS) is 18.3. The van der Waals surface area contributed by atoms with Gasteiger partial charge in [0.1, 0.15) is 5.75 Å². The molecule has 4 heteroatoms. The Morgan fingerprint density at radius 2 is 1.94 bits per heavy atom. The molecule has 0 amide bonds. The van der Waals surface area contributed by atoms with Crippen LogP contribution in [0.5, 0.6) is 5.75 Å². The lowest BCUT2D eigenvalue weighted by Gasteiger charge is -2.28. The first kappa shape index (κ1) is 13.1. The van der Waals surface area contributed by atoms with Crippen molar-refractivity contribution in [3.8, 4) is 5.75 Å². The maximum absolute atomic E-state index is 10.8. The molecule has 0 bridgehead atoms. The fraction of sp³-hybridized carbons (Fsp3) is 0.500. The van der Waals surface area contributed by atoms with E-state index in [1.807, 2.05) is 12.1 Å². The Hall–Kier alpha value is -1.39. The first-order valence-corrected chi connectivity index (χ1v) is 6.41. The lowest BCUT2D eigenvalue weighted by atomic mass is 9.86. The predicted octanol–water partition coefficient (Wildman–Crippen LogP) is 1.61. The summed E-state index contributed by atoms with van der Waals surface area (Å²) >= 11 is 0. The smallest absolute Gasteiger partial charge is 0.308 e. The molecule has 1 aliphatic heterocycles. The van der Waals surface area contributed by atoms with Crippen LogP contribution in [0.1, 0.15) is 31.4 Å². The van der Waals surface area contributed by atoms with Crippen LogP contribution in [-0.2, 0) is 4.79 Å². The minimum Gasteiger partial charge on any atom is -0.427 e. The van der Waals surface area contributed by atoms with Gasteiger partial charge in [0.2, 0.25) is 0 Å². The van der Waals surface area contributed by atoms with Gasteiger partial charge in [0.15, 0.2) is 0 Å². The van der Waals surface area contributed by atoms with Crippen molar-refractivity contribution in [3.05, 3.63) is 29.8 Å². The molecule has 2 rings (SSSR count). The van der Waals surface area contributed by atoms with Gasteiger partial charge in [-0.25, -0.2) is 0 Å². The summed E-state index contributed by atoms with van der Waals surface area (Å²) in [7, 11) is 0. The zero-order valence-electron chi connectivity index (χ0n) is 10.7. The van der Waals surface area contributed by atoms with Crippen molar-refractivity contribution < 1.29 is 9.53 Å². The summed E-state index contributed by atoms with van der Waals surface area (Å²) in [5, 5.41) is 3.34. The summed E-state index contributed by atoms with van der Waals surface area (Å²) in [6.45, 7) is 3.49. The van der Waals surface area contributed by atoms with Gasteiger partial charge in [0.05, 0.1) is 0 Å². The summed E-state index contributed by atoms with van der Waals surface area (Å²) in [6, 6.07) is 7.57. The quantitative estimate of drug-likeness (QED) is 0.630. The van der Waals surface area contributed by atoms with Crippen molar-refractivity contribution in [2.75, 3.05) is 13.1 Å². The molecule has 18 heavy (non-hydrogen) atoms. The Balaban J connectivity index is 2.01. The topological polar surface area (TPSA) is 64.3 Å². The SMILES string of the molecule is CC(=O)Oc1ccc([C@H](N)C2CCNCC2)cc1. The zero-order chi connectivity index (χ0) is 13.0. The van der Waals surface area contributed by atoms with Gasteiger partial charge in [-0.2, -0.15) is 0 Å². The molecule has 1 fully saturated rings. The van der Waals surface area contributed by atoms with E-state index in [0.29, 0.717) is 11.7 Å². The van der Waals surface area contributed by atoms with Gasteiger partial charge in [-0.3, -0.25) is 4.79 Å². The second kappa shape index (κ2) is 5.98. The van der Waals surface area contributed by atoms with Gasteiger partial charge in [0.25, 0.3) is 0 Å². The van der Waals surface area contributed by atoms with E-state index >= 15 is 0 Å². The maximum atomic E-state index is 10.8. The summed E-state index contributed by atoms with van der Waals surface area (Å²) in [6.07, 6.45) is 2.24. The fourth-order valence-corrected chi connectivity index (χ4v) is 2.40. The van der Waals surface area contributed by atoms with Gasteiger partial charge >= 0.3 is 5.97 Å². The van der Waals surface area contributed by atoms with Gasteiger partial charge in [-0.1, -0.05) is 12.1 Å². The number of esters is 1. The summed E-state index contributed by atoms with van der Waals surface area (Å²) in [4.78, 5) is 10.8. The third-order valence-electron chi connectivity index (χ3n) is 3.42. The van der Waals surface area contributed by atoms with Crippen LogP contribution in [0.25, 0.3) is 0 Å². The van der Waals surface area contributed by atoms with Crippen molar-refractivity contribution in [2.45, 2.75) is 25.8 Å². The number of benzene rings is 1. The first-order valence-electron chi connectivity index (χ1n) is 6.41. The van der Waals surface area contributed by atoms with E-state index < -0.39 is 0 Å². The standard InChI is InChI=1S/C14H20N2O2/c1-10(17)18-13-4-2-11(3-5-13)14(15)12-6-8-16-9-7-12/h2-5,12,14,16H,6-9,15H2,1H3/t14-/m0/s1. The highest BCUT2D eigenvalue weighted by Crippen LogP contribution is 2.27. The Morgan fingerprint density at radius 1 is 1.33 bits per heavy atom. The van der Waals surface area contributed by atoms with Crippen LogP contribution in [0, 0.1) is 5.92 Å². The highest BCUT2D eigenvalue weighted by Gasteiger charge is 2.21. The predicted molar refractivity (Wildman–Crippen MR) is 70.3 cm³/mol. The molecular weight excluding hydrogens is 228 g/mol. The van der Waals surface area contributed by atoms with Crippen molar-refractivity contribution in [2.24, 2.45) is 11.7 Å². The van der Waals surface area contributed by atoms with E-state index in [-0.39, 0.29) is 12.0 Å². The molecule has 0 spiro atoms. The molecule has 1 aromatic carbocycles. The van der Waals surface area contributed by atoms with Crippen LogP contribution in [0.4, 0.5) is 0 Å². The molecule has 1 aliphatic rings. The Kier molecular flexibility index (Phi) is 4.33. The number of ether oxygens (including phenoxy) is 1.